The molecule has 1 aromatic rings. The van der Waals surface area contributed by atoms with Gasteiger partial charge in [-0.25, -0.2) is 4.98 Å². The number of ether oxygens (including phenoxy) is 1. The summed E-state index contributed by atoms with van der Waals surface area (Å²) in [5, 5.41) is 1.14. The van der Waals surface area contributed by atoms with Gasteiger partial charge < -0.3 is 4.74 Å². The van der Waals surface area contributed by atoms with Crippen LogP contribution in [0.3, 0.4) is 0 Å². The lowest BCUT2D eigenvalue weighted by atomic mass is 10.2. The van der Waals surface area contributed by atoms with Crippen LogP contribution in [0.25, 0.3) is 0 Å². The third kappa shape index (κ3) is 3.58. The topological polar surface area (TPSA) is 22.1 Å². The van der Waals surface area contributed by atoms with Gasteiger partial charge in [0.05, 0.1) is 0 Å². The molecule has 2 nitrogen and oxygen atoms in total. The first-order valence-corrected chi connectivity index (χ1v) is 6.57. The standard InChI is InChI=1S/C12H21NOS/c1-5-7-10(14-6-2)12-13-8-11(15-12)9(3)4/h8-10H,5-7H2,1-4H3. The highest BCUT2D eigenvalue weighted by atomic mass is 32.1. The van der Waals surface area contributed by atoms with Crippen LogP contribution < -0.4 is 0 Å². The Kier molecular flexibility index (Phi) is 5.26. The molecule has 0 amide bonds. The highest BCUT2D eigenvalue weighted by Crippen LogP contribution is 2.30. The van der Waals surface area contributed by atoms with E-state index in [-0.39, 0.29) is 6.10 Å². The quantitative estimate of drug-likeness (QED) is 0.728. The molecule has 0 aromatic carbocycles. The molecule has 1 aromatic heterocycles. The molecule has 0 aliphatic rings. The minimum atomic E-state index is 0.206. The van der Waals surface area contributed by atoms with E-state index in [0.717, 1.165) is 24.5 Å². The second-order valence-electron chi connectivity index (χ2n) is 3.99. The molecular formula is C12H21NOS. The zero-order valence-electron chi connectivity index (χ0n) is 10.1. The van der Waals surface area contributed by atoms with Gasteiger partial charge in [-0.15, -0.1) is 11.3 Å². The van der Waals surface area contributed by atoms with E-state index in [1.165, 1.54) is 4.88 Å². The first-order valence-electron chi connectivity index (χ1n) is 5.76. The maximum absolute atomic E-state index is 5.71. The molecule has 86 valence electrons. The molecule has 0 spiro atoms. The van der Waals surface area contributed by atoms with Crippen molar-refractivity contribution in [3.63, 3.8) is 0 Å². The Morgan fingerprint density at radius 2 is 2.13 bits per heavy atom. The fourth-order valence-corrected chi connectivity index (χ4v) is 2.46. The van der Waals surface area contributed by atoms with Crippen LogP contribution in [0.4, 0.5) is 0 Å². The van der Waals surface area contributed by atoms with Crippen LogP contribution in [0.15, 0.2) is 6.20 Å². The number of hydrogen-bond acceptors (Lipinski definition) is 3. The first kappa shape index (κ1) is 12.7. The molecule has 1 unspecified atom stereocenters. The SMILES string of the molecule is CCCC(OCC)c1ncc(C(C)C)s1. The van der Waals surface area contributed by atoms with Crippen molar-refractivity contribution in [2.24, 2.45) is 0 Å². The third-order valence-corrected chi connectivity index (χ3v) is 3.69. The Labute approximate surface area is 96.7 Å². The van der Waals surface area contributed by atoms with Crippen molar-refractivity contribution >= 4 is 11.3 Å². The Hall–Kier alpha value is -0.410. The van der Waals surface area contributed by atoms with E-state index in [4.69, 9.17) is 4.74 Å². The molecule has 1 heterocycles. The molecule has 0 aliphatic heterocycles. The maximum atomic E-state index is 5.71. The van der Waals surface area contributed by atoms with Gasteiger partial charge in [0.1, 0.15) is 11.1 Å². The predicted octanol–water partition coefficient (Wildman–Crippen LogP) is 4.14. The molecule has 0 bridgehead atoms. The van der Waals surface area contributed by atoms with Gasteiger partial charge in [0, 0.05) is 17.7 Å². The van der Waals surface area contributed by atoms with Gasteiger partial charge in [0.2, 0.25) is 0 Å². The van der Waals surface area contributed by atoms with E-state index >= 15 is 0 Å². The summed E-state index contributed by atoms with van der Waals surface area (Å²) in [7, 11) is 0. The summed E-state index contributed by atoms with van der Waals surface area (Å²) < 4.78 is 5.71. The second kappa shape index (κ2) is 6.23. The lowest BCUT2D eigenvalue weighted by molar-refractivity contribution is 0.0555. The van der Waals surface area contributed by atoms with Crippen LogP contribution in [0.1, 0.15) is 62.4 Å². The lowest BCUT2D eigenvalue weighted by Gasteiger charge is -2.12. The highest BCUT2D eigenvalue weighted by molar-refractivity contribution is 7.11. The molecule has 1 rings (SSSR count). The van der Waals surface area contributed by atoms with Crippen molar-refractivity contribution in [1.29, 1.82) is 0 Å². The summed E-state index contributed by atoms with van der Waals surface area (Å²) in [6.45, 7) is 9.39. The van der Waals surface area contributed by atoms with E-state index in [9.17, 15) is 0 Å². The van der Waals surface area contributed by atoms with Gasteiger partial charge in [-0.05, 0) is 19.3 Å². The molecule has 3 heteroatoms. The minimum Gasteiger partial charge on any atom is -0.371 e. The predicted molar refractivity (Wildman–Crippen MR) is 65.5 cm³/mol. The number of rotatable bonds is 6. The zero-order chi connectivity index (χ0) is 11.3. The molecule has 1 atom stereocenters. The van der Waals surface area contributed by atoms with Crippen LogP contribution in [-0.4, -0.2) is 11.6 Å². The van der Waals surface area contributed by atoms with Gasteiger partial charge in [0.25, 0.3) is 0 Å². The molecule has 0 saturated carbocycles. The first-order chi connectivity index (χ1) is 7.19. The molecule has 0 radical (unpaired) electrons. The maximum Gasteiger partial charge on any atom is 0.122 e. The molecule has 0 saturated heterocycles. The second-order valence-corrected chi connectivity index (χ2v) is 5.08. The van der Waals surface area contributed by atoms with Crippen LogP contribution in [0, 0.1) is 0 Å². The van der Waals surface area contributed by atoms with Crippen molar-refractivity contribution in [3.05, 3.63) is 16.1 Å². The van der Waals surface area contributed by atoms with E-state index in [1.807, 2.05) is 13.1 Å². The smallest absolute Gasteiger partial charge is 0.122 e. The van der Waals surface area contributed by atoms with Gasteiger partial charge in [0.15, 0.2) is 0 Å². The van der Waals surface area contributed by atoms with Gasteiger partial charge in [-0.1, -0.05) is 27.2 Å². The third-order valence-electron chi connectivity index (χ3n) is 2.30. The molecule has 0 aliphatic carbocycles. The van der Waals surface area contributed by atoms with E-state index in [2.05, 4.69) is 25.8 Å². The van der Waals surface area contributed by atoms with Crippen LogP contribution in [0.2, 0.25) is 0 Å². The monoisotopic (exact) mass is 227 g/mol. The largest absolute Gasteiger partial charge is 0.371 e. The van der Waals surface area contributed by atoms with Crippen LogP contribution in [-0.2, 0) is 4.74 Å². The summed E-state index contributed by atoms with van der Waals surface area (Å²) >= 11 is 1.79. The Morgan fingerprint density at radius 1 is 1.40 bits per heavy atom. The number of nitrogens with zero attached hydrogens (tertiary/aromatic N) is 1. The van der Waals surface area contributed by atoms with Crippen molar-refractivity contribution in [1.82, 2.24) is 4.98 Å². The molecule has 0 N–H and O–H groups in total. The minimum absolute atomic E-state index is 0.206. The Morgan fingerprint density at radius 3 is 2.60 bits per heavy atom. The van der Waals surface area contributed by atoms with Crippen molar-refractivity contribution in [3.8, 4) is 0 Å². The number of aromatic nitrogens is 1. The van der Waals surface area contributed by atoms with Crippen LogP contribution >= 0.6 is 11.3 Å². The summed E-state index contributed by atoms with van der Waals surface area (Å²) in [5.41, 5.74) is 0. The zero-order valence-corrected chi connectivity index (χ0v) is 10.9. The number of hydrogen-bond donors (Lipinski definition) is 0. The fourth-order valence-electron chi connectivity index (χ4n) is 1.46. The van der Waals surface area contributed by atoms with E-state index < -0.39 is 0 Å². The average molecular weight is 227 g/mol. The highest BCUT2D eigenvalue weighted by Gasteiger charge is 2.15. The van der Waals surface area contributed by atoms with Gasteiger partial charge in [-0.3, -0.25) is 0 Å². The van der Waals surface area contributed by atoms with Crippen molar-refractivity contribution in [2.75, 3.05) is 6.61 Å². The summed E-state index contributed by atoms with van der Waals surface area (Å²) in [6.07, 6.45) is 4.41. The Bertz CT molecular complexity index is 277. The summed E-state index contributed by atoms with van der Waals surface area (Å²) in [6, 6.07) is 0. The molecular weight excluding hydrogens is 206 g/mol. The number of thiazole rings is 1. The molecule has 15 heavy (non-hydrogen) atoms. The fraction of sp³-hybridized carbons (Fsp3) is 0.750. The van der Waals surface area contributed by atoms with Gasteiger partial charge in [-0.2, -0.15) is 0 Å². The molecule has 0 fully saturated rings. The van der Waals surface area contributed by atoms with Crippen molar-refractivity contribution < 1.29 is 4.74 Å². The van der Waals surface area contributed by atoms with E-state index in [1.54, 1.807) is 11.3 Å². The van der Waals surface area contributed by atoms with Crippen LogP contribution in [0.5, 0.6) is 0 Å². The van der Waals surface area contributed by atoms with E-state index in [0.29, 0.717) is 5.92 Å². The lowest BCUT2D eigenvalue weighted by Crippen LogP contribution is -2.03. The van der Waals surface area contributed by atoms with Gasteiger partial charge >= 0.3 is 0 Å². The summed E-state index contributed by atoms with van der Waals surface area (Å²) in [4.78, 5) is 5.82. The van der Waals surface area contributed by atoms with Crippen molar-refractivity contribution in [2.45, 2.75) is 52.6 Å². The average Bonchev–Trinajstić information content (AvgIpc) is 2.66. The summed E-state index contributed by atoms with van der Waals surface area (Å²) in [5.74, 6) is 0.570. The normalized spacial score (nSPS) is 13.4. The Balaban J connectivity index is 2.72.